The fraction of sp³-hybridized carbons (Fsp3) is 0.0588. The average molecular weight is 276 g/mol. The Bertz CT molecular complexity index is 949. The molecule has 0 atom stereocenters. The largest absolute Gasteiger partial charge is 0.464 e. The van der Waals surface area contributed by atoms with Crippen molar-refractivity contribution in [2.24, 2.45) is 0 Å². The number of aromatic nitrogens is 2. The molecule has 102 valence electrons. The second kappa shape index (κ2) is 4.59. The Kier molecular flexibility index (Phi) is 2.60. The third-order valence-electron chi connectivity index (χ3n) is 3.63. The standard InChI is InChI=1S/C17H12N2O2/c20-16(14-11-21-17-8-4-2-6-13(14)17)10-19-15-7-3-1-5-12(15)9-18-19/h1-9,11H,10H2. The van der Waals surface area contributed by atoms with Gasteiger partial charge in [0.25, 0.3) is 0 Å². The molecular weight excluding hydrogens is 264 g/mol. The first-order chi connectivity index (χ1) is 10.3. The smallest absolute Gasteiger partial charge is 0.188 e. The van der Waals surface area contributed by atoms with Crippen LogP contribution in [0.25, 0.3) is 21.9 Å². The Balaban J connectivity index is 1.72. The summed E-state index contributed by atoms with van der Waals surface area (Å²) in [6, 6.07) is 15.4. The number of ketones is 1. The molecule has 4 nitrogen and oxygen atoms in total. The lowest BCUT2D eigenvalue weighted by molar-refractivity contribution is 0.0970. The van der Waals surface area contributed by atoms with Crippen molar-refractivity contribution in [3.05, 3.63) is 66.6 Å². The summed E-state index contributed by atoms with van der Waals surface area (Å²) in [4.78, 5) is 12.5. The Morgan fingerprint density at radius 2 is 1.90 bits per heavy atom. The van der Waals surface area contributed by atoms with Crippen molar-refractivity contribution < 1.29 is 9.21 Å². The average Bonchev–Trinajstić information content (AvgIpc) is 3.12. The Morgan fingerprint density at radius 1 is 1.10 bits per heavy atom. The van der Waals surface area contributed by atoms with Crippen molar-refractivity contribution in [3.8, 4) is 0 Å². The first kappa shape index (κ1) is 11.9. The van der Waals surface area contributed by atoms with E-state index in [1.165, 1.54) is 6.26 Å². The van der Waals surface area contributed by atoms with Crippen LogP contribution in [0, 0.1) is 0 Å². The zero-order chi connectivity index (χ0) is 14.2. The van der Waals surface area contributed by atoms with Crippen molar-refractivity contribution in [1.29, 1.82) is 0 Å². The number of para-hydroxylation sites is 2. The van der Waals surface area contributed by atoms with Gasteiger partial charge in [-0.25, -0.2) is 0 Å². The normalized spacial score (nSPS) is 11.2. The lowest BCUT2D eigenvalue weighted by atomic mass is 10.1. The van der Waals surface area contributed by atoms with Crippen LogP contribution in [-0.2, 0) is 6.54 Å². The molecule has 0 saturated carbocycles. The molecule has 0 aliphatic carbocycles. The monoisotopic (exact) mass is 276 g/mol. The van der Waals surface area contributed by atoms with E-state index in [-0.39, 0.29) is 12.3 Å². The van der Waals surface area contributed by atoms with Crippen LogP contribution in [0.5, 0.6) is 0 Å². The van der Waals surface area contributed by atoms with Gasteiger partial charge in [-0.1, -0.05) is 36.4 Å². The van der Waals surface area contributed by atoms with Crippen LogP contribution in [0.2, 0.25) is 0 Å². The predicted octanol–water partition coefficient (Wildman–Crippen LogP) is 3.67. The summed E-state index contributed by atoms with van der Waals surface area (Å²) in [6.07, 6.45) is 3.30. The Hall–Kier alpha value is -2.88. The van der Waals surface area contributed by atoms with Crippen molar-refractivity contribution in [1.82, 2.24) is 9.78 Å². The summed E-state index contributed by atoms with van der Waals surface area (Å²) in [5, 5.41) is 6.17. The minimum absolute atomic E-state index is 0.00574. The summed E-state index contributed by atoms with van der Waals surface area (Å²) in [5.74, 6) is -0.00574. The molecule has 2 heterocycles. The van der Waals surface area contributed by atoms with Crippen molar-refractivity contribution in [2.45, 2.75) is 6.54 Å². The minimum Gasteiger partial charge on any atom is -0.464 e. The van der Waals surface area contributed by atoms with E-state index in [1.54, 1.807) is 10.9 Å². The summed E-state index contributed by atoms with van der Waals surface area (Å²) in [5.41, 5.74) is 2.29. The van der Waals surface area contributed by atoms with Gasteiger partial charge < -0.3 is 4.42 Å². The number of rotatable bonds is 3. The van der Waals surface area contributed by atoms with Gasteiger partial charge >= 0.3 is 0 Å². The van der Waals surface area contributed by atoms with Crippen LogP contribution >= 0.6 is 0 Å². The number of benzene rings is 2. The third kappa shape index (κ3) is 1.92. The van der Waals surface area contributed by atoms with E-state index in [4.69, 9.17) is 4.42 Å². The van der Waals surface area contributed by atoms with Crippen LogP contribution in [0.1, 0.15) is 10.4 Å². The minimum atomic E-state index is -0.00574. The number of nitrogens with zero attached hydrogens (tertiary/aromatic N) is 2. The molecule has 0 N–H and O–H groups in total. The molecule has 0 bridgehead atoms. The van der Waals surface area contributed by atoms with Crippen LogP contribution in [0.3, 0.4) is 0 Å². The van der Waals surface area contributed by atoms with Gasteiger partial charge in [0.15, 0.2) is 5.78 Å². The first-order valence-electron chi connectivity index (χ1n) is 6.73. The van der Waals surface area contributed by atoms with E-state index < -0.39 is 0 Å². The van der Waals surface area contributed by atoms with E-state index in [0.29, 0.717) is 5.56 Å². The molecule has 0 radical (unpaired) electrons. The van der Waals surface area contributed by atoms with Gasteiger partial charge in [-0.15, -0.1) is 0 Å². The predicted molar refractivity (Wildman–Crippen MR) is 80.3 cm³/mol. The highest BCUT2D eigenvalue weighted by molar-refractivity contribution is 6.07. The van der Waals surface area contributed by atoms with Crippen LogP contribution in [0.4, 0.5) is 0 Å². The van der Waals surface area contributed by atoms with Crippen LogP contribution in [0.15, 0.2) is 65.4 Å². The summed E-state index contributed by atoms with van der Waals surface area (Å²) < 4.78 is 7.15. The fourth-order valence-corrected chi connectivity index (χ4v) is 2.57. The molecule has 0 fully saturated rings. The molecule has 2 aromatic heterocycles. The molecule has 0 amide bonds. The summed E-state index contributed by atoms with van der Waals surface area (Å²) >= 11 is 0. The Morgan fingerprint density at radius 3 is 2.86 bits per heavy atom. The van der Waals surface area contributed by atoms with E-state index >= 15 is 0 Å². The number of hydrogen-bond donors (Lipinski definition) is 0. The van der Waals surface area contributed by atoms with Gasteiger partial charge in [0, 0.05) is 10.8 Å². The molecule has 4 aromatic rings. The SMILES string of the molecule is O=C(Cn1ncc2ccccc21)c1coc2ccccc12. The molecule has 4 rings (SSSR count). The lowest BCUT2D eigenvalue weighted by Gasteiger charge is -2.02. The van der Waals surface area contributed by atoms with E-state index in [9.17, 15) is 4.79 Å². The second-order valence-electron chi connectivity index (χ2n) is 4.93. The maximum absolute atomic E-state index is 12.5. The fourth-order valence-electron chi connectivity index (χ4n) is 2.57. The van der Waals surface area contributed by atoms with Gasteiger partial charge in [0.1, 0.15) is 18.4 Å². The zero-order valence-corrected chi connectivity index (χ0v) is 11.2. The highest BCUT2D eigenvalue weighted by Gasteiger charge is 2.15. The van der Waals surface area contributed by atoms with Crippen molar-refractivity contribution in [3.63, 3.8) is 0 Å². The van der Waals surface area contributed by atoms with Crippen molar-refractivity contribution in [2.75, 3.05) is 0 Å². The van der Waals surface area contributed by atoms with Gasteiger partial charge in [-0.05, 0) is 12.1 Å². The number of furan rings is 1. The molecule has 0 spiro atoms. The molecule has 0 aliphatic heterocycles. The first-order valence-corrected chi connectivity index (χ1v) is 6.73. The lowest BCUT2D eigenvalue weighted by Crippen LogP contribution is -2.11. The van der Waals surface area contributed by atoms with Gasteiger partial charge in [0.05, 0.1) is 17.3 Å². The number of carbonyl (C=O) groups is 1. The molecule has 0 unspecified atom stereocenters. The Labute approximate surface area is 120 Å². The van der Waals surface area contributed by atoms with Crippen LogP contribution < -0.4 is 0 Å². The van der Waals surface area contributed by atoms with E-state index in [0.717, 1.165) is 21.9 Å². The number of fused-ring (bicyclic) bond motifs is 2. The summed E-state index contributed by atoms with van der Waals surface area (Å²) in [6.45, 7) is 0.205. The molecule has 4 heteroatoms. The van der Waals surface area contributed by atoms with Crippen LogP contribution in [-0.4, -0.2) is 15.6 Å². The molecule has 0 saturated heterocycles. The highest BCUT2D eigenvalue weighted by Crippen LogP contribution is 2.22. The van der Waals surface area contributed by atoms with Crippen molar-refractivity contribution >= 4 is 27.7 Å². The molecule has 2 aromatic carbocycles. The quantitative estimate of drug-likeness (QED) is 0.536. The highest BCUT2D eigenvalue weighted by atomic mass is 16.3. The third-order valence-corrected chi connectivity index (χ3v) is 3.63. The van der Waals surface area contributed by atoms with Gasteiger partial charge in [-0.2, -0.15) is 5.10 Å². The van der Waals surface area contributed by atoms with Gasteiger partial charge in [-0.3, -0.25) is 9.48 Å². The number of hydrogen-bond acceptors (Lipinski definition) is 3. The molecule has 21 heavy (non-hydrogen) atoms. The number of Topliss-reactive ketones (excluding diaryl/α,β-unsaturated/α-hetero) is 1. The zero-order valence-electron chi connectivity index (χ0n) is 11.2. The molecule has 0 aliphatic rings. The van der Waals surface area contributed by atoms with Gasteiger partial charge in [0.2, 0.25) is 0 Å². The van der Waals surface area contributed by atoms with E-state index in [2.05, 4.69) is 5.10 Å². The molecular formula is C17H12N2O2. The summed E-state index contributed by atoms with van der Waals surface area (Å²) in [7, 11) is 0. The maximum Gasteiger partial charge on any atom is 0.188 e. The topological polar surface area (TPSA) is 48.0 Å². The maximum atomic E-state index is 12.5. The second-order valence-corrected chi connectivity index (χ2v) is 4.93. The number of carbonyl (C=O) groups excluding carboxylic acids is 1. The van der Waals surface area contributed by atoms with E-state index in [1.807, 2.05) is 48.5 Å².